The Bertz CT molecular complexity index is 1720. The van der Waals surface area contributed by atoms with E-state index in [4.69, 9.17) is 14.2 Å². The van der Waals surface area contributed by atoms with Gasteiger partial charge < -0.3 is 14.2 Å². The average Bonchev–Trinajstić information content (AvgIpc) is 3.39. The molecule has 0 aliphatic rings. The second-order valence-electron chi connectivity index (χ2n) is 18.1. The van der Waals surface area contributed by atoms with Crippen molar-refractivity contribution in [1.82, 2.24) is 0 Å². The van der Waals surface area contributed by atoms with E-state index in [1.807, 2.05) is 12.2 Å². The van der Waals surface area contributed by atoms with Crippen molar-refractivity contribution in [1.29, 1.82) is 0 Å². The highest BCUT2D eigenvalue weighted by atomic mass is 16.6. The Hall–Kier alpha value is -5.23. The van der Waals surface area contributed by atoms with E-state index in [0.29, 0.717) is 12.8 Å². The molecular weight excluding hydrogens is 901 g/mol. The Morgan fingerprint density at radius 2 is 0.562 bits per heavy atom. The minimum atomic E-state index is -0.842. The van der Waals surface area contributed by atoms with Crippen LogP contribution in [-0.4, -0.2) is 37.2 Å². The monoisotopic (exact) mass is 1000 g/mol. The summed E-state index contributed by atoms with van der Waals surface area (Å²) in [4.78, 5) is 38.1. The van der Waals surface area contributed by atoms with Crippen LogP contribution in [0.15, 0.2) is 170 Å². The first-order valence-corrected chi connectivity index (χ1v) is 28.6. The van der Waals surface area contributed by atoms with E-state index < -0.39 is 6.10 Å². The van der Waals surface area contributed by atoms with Gasteiger partial charge in [-0.2, -0.15) is 0 Å². The van der Waals surface area contributed by atoms with Crippen LogP contribution in [0.3, 0.4) is 0 Å². The fraction of sp³-hybridized carbons (Fsp3) is 0.537. The van der Waals surface area contributed by atoms with Gasteiger partial charge >= 0.3 is 17.9 Å². The zero-order valence-corrected chi connectivity index (χ0v) is 46.3. The maximum atomic E-state index is 12.8. The van der Waals surface area contributed by atoms with Gasteiger partial charge in [-0.25, -0.2) is 0 Å². The van der Waals surface area contributed by atoms with Gasteiger partial charge in [-0.3, -0.25) is 14.4 Å². The Morgan fingerprint density at radius 1 is 0.288 bits per heavy atom. The summed E-state index contributed by atoms with van der Waals surface area (Å²) in [7, 11) is 0. The zero-order chi connectivity index (χ0) is 52.9. The van der Waals surface area contributed by atoms with Gasteiger partial charge in [0.2, 0.25) is 0 Å². The van der Waals surface area contributed by atoms with Crippen LogP contribution in [0.2, 0.25) is 0 Å². The number of hydrogen-bond acceptors (Lipinski definition) is 6. The molecule has 0 bridgehead atoms. The molecule has 0 aromatic carbocycles. The molecule has 406 valence electrons. The predicted molar refractivity (Wildman–Crippen MR) is 315 cm³/mol. The van der Waals surface area contributed by atoms with Crippen LogP contribution in [0.5, 0.6) is 0 Å². The molecule has 6 nitrogen and oxygen atoms in total. The van der Waals surface area contributed by atoms with E-state index in [2.05, 4.69) is 179 Å². The highest BCUT2D eigenvalue weighted by molar-refractivity contribution is 5.71. The lowest BCUT2D eigenvalue weighted by molar-refractivity contribution is -0.166. The smallest absolute Gasteiger partial charge is 0.306 e. The van der Waals surface area contributed by atoms with Crippen LogP contribution in [0, 0.1) is 0 Å². The normalized spacial score (nSPS) is 13.4. The molecule has 0 aliphatic heterocycles. The quantitative estimate of drug-likeness (QED) is 0.0261. The van der Waals surface area contributed by atoms with Crippen molar-refractivity contribution in [2.75, 3.05) is 13.2 Å². The summed E-state index contributed by atoms with van der Waals surface area (Å²) >= 11 is 0. The van der Waals surface area contributed by atoms with E-state index in [1.54, 1.807) is 0 Å². The van der Waals surface area contributed by atoms with E-state index in [9.17, 15) is 14.4 Å². The standard InChI is InChI=1S/C67H102O6/c1-4-7-10-13-16-19-22-25-27-28-29-30-31-32-33-34-35-36-37-38-40-42-45-48-51-54-57-60-66(69)72-63-64(62-71-65(68)59-56-53-50-47-44-41-24-21-18-15-12-9-6-3)73-67(70)61-58-55-52-49-46-43-39-26-23-20-17-14-11-8-5-2/h7,9-10,12,16-21,25-27,29-30,32-33,35-36,38-41,44-45,48,50,53,64H,4-6,8,11,13-15,22-24,28,31,34,37,42-43,46-47,49,51-52,54-63H2,1-3H3/b10-7-,12-9-,19-16-,20-17-,21-18-,27-25-,30-29-,33-32-,36-35-,39-26-,40-38-,44-41-,48-45-,53-50-. The molecule has 6 heteroatoms. The Labute approximate surface area is 447 Å². The fourth-order valence-electron chi connectivity index (χ4n) is 6.97. The zero-order valence-electron chi connectivity index (χ0n) is 46.3. The summed E-state index contributed by atoms with van der Waals surface area (Å²) in [5.41, 5.74) is 0. The first-order valence-electron chi connectivity index (χ1n) is 28.6. The van der Waals surface area contributed by atoms with Crippen molar-refractivity contribution >= 4 is 17.9 Å². The van der Waals surface area contributed by atoms with Gasteiger partial charge in [0.25, 0.3) is 0 Å². The van der Waals surface area contributed by atoms with Crippen molar-refractivity contribution in [3.8, 4) is 0 Å². The first kappa shape index (κ1) is 67.8. The molecule has 0 amide bonds. The maximum absolute atomic E-state index is 12.8. The molecule has 0 radical (unpaired) electrons. The van der Waals surface area contributed by atoms with Gasteiger partial charge in [-0.1, -0.05) is 223 Å². The molecule has 0 heterocycles. The van der Waals surface area contributed by atoms with E-state index in [0.717, 1.165) is 135 Å². The Morgan fingerprint density at radius 3 is 0.945 bits per heavy atom. The number of carbonyl (C=O) groups excluding carboxylic acids is 3. The van der Waals surface area contributed by atoms with Crippen molar-refractivity contribution < 1.29 is 28.6 Å². The molecule has 0 saturated carbocycles. The summed E-state index contributed by atoms with van der Waals surface area (Å²) in [6, 6.07) is 0. The van der Waals surface area contributed by atoms with Crippen molar-refractivity contribution in [3.63, 3.8) is 0 Å². The van der Waals surface area contributed by atoms with E-state index in [1.165, 1.54) is 25.7 Å². The van der Waals surface area contributed by atoms with Gasteiger partial charge in [0.15, 0.2) is 6.10 Å². The molecule has 0 aromatic rings. The molecule has 1 atom stereocenters. The summed E-state index contributed by atoms with van der Waals surface area (Å²) in [6.07, 6.45) is 87.9. The topological polar surface area (TPSA) is 78.9 Å². The van der Waals surface area contributed by atoms with Gasteiger partial charge in [0, 0.05) is 19.3 Å². The second kappa shape index (κ2) is 59.3. The average molecular weight is 1000 g/mol. The number of ether oxygens (including phenoxy) is 3. The van der Waals surface area contributed by atoms with Crippen LogP contribution < -0.4 is 0 Å². The van der Waals surface area contributed by atoms with E-state index >= 15 is 0 Å². The molecule has 73 heavy (non-hydrogen) atoms. The van der Waals surface area contributed by atoms with Crippen LogP contribution in [0.4, 0.5) is 0 Å². The Balaban J connectivity index is 4.52. The molecule has 0 rings (SSSR count). The van der Waals surface area contributed by atoms with Gasteiger partial charge in [-0.05, 0) is 141 Å². The highest BCUT2D eigenvalue weighted by Gasteiger charge is 2.19. The number of hydrogen-bond donors (Lipinski definition) is 0. The van der Waals surface area contributed by atoms with E-state index in [-0.39, 0.29) is 50.4 Å². The largest absolute Gasteiger partial charge is 0.462 e. The van der Waals surface area contributed by atoms with Crippen LogP contribution in [-0.2, 0) is 28.6 Å². The van der Waals surface area contributed by atoms with Gasteiger partial charge in [0.05, 0.1) is 0 Å². The third kappa shape index (κ3) is 57.5. The summed E-state index contributed by atoms with van der Waals surface area (Å²) in [5, 5.41) is 0. The Kier molecular flexibility index (Phi) is 55.1. The number of rotatable bonds is 49. The van der Waals surface area contributed by atoms with Crippen molar-refractivity contribution in [2.45, 2.75) is 219 Å². The van der Waals surface area contributed by atoms with Gasteiger partial charge in [0.1, 0.15) is 13.2 Å². The minimum Gasteiger partial charge on any atom is -0.462 e. The third-order valence-corrected chi connectivity index (χ3v) is 11.2. The molecule has 0 aliphatic carbocycles. The molecule has 0 saturated heterocycles. The van der Waals surface area contributed by atoms with Gasteiger partial charge in [-0.15, -0.1) is 0 Å². The van der Waals surface area contributed by atoms with Crippen molar-refractivity contribution in [2.24, 2.45) is 0 Å². The first-order chi connectivity index (χ1) is 36.0. The molecular formula is C67H102O6. The summed E-state index contributed by atoms with van der Waals surface area (Å²) < 4.78 is 16.7. The molecule has 0 N–H and O–H groups in total. The lowest BCUT2D eigenvalue weighted by Crippen LogP contribution is -2.30. The lowest BCUT2D eigenvalue weighted by Gasteiger charge is -2.18. The SMILES string of the molecule is CC/C=C\C/C=C\C/C=C\C/C=C\C/C=C\C/C=C\C/C=C\C/C=C\CCCCC(=O)OCC(COC(=O)CC/C=C\C/C=C\C/C=C\C/C=C\CC)OC(=O)CCCCCCC/C=C\C/C=C\CCCCC. The highest BCUT2D eigenvalue weighted by Crippen LogP contribution is 2.11. The molecule has 0 aromatic heterocycles. The number of allylic oxidation sites excluding steroid dienone is 28. The number of esters is 3. The third-order valence-electron chi connectivity index (χ3n) is 11.2. The van der Waals surface area contributed by atoms with Crippen LogP contribution >= 0.6 is 0 Å². The van der Waals surface area contributed by atoms with Crippen LogP contribution in [0.1, 0.15) is 213 Å². The summed E-state index contributed by atoms with van der Waals surface area (Å²) in [6.45, 7) is 6.24. The molecule has 0 spiro atoms. The van der Waals surface area contributed by atoms with Crippen LogP contribution in [0.25, 0.3) is 0 Å². The minimum absolute atomic E-state index is 0.137. The number of unbranched alkanes of at least 4 members (excludes halogenated alkanes) is 10. The van der Waals surface area contributed by atoms with Crippen molar-refractivity contribution in [3.05, 3.63) is 170 Å². The number of carbonyl (C=O) groups is 3. The maximum Gasteiger partial charge on any atom is 0.306 e. The lowest BCUT2D eigenvalue weighted by atomic mass is 10.1. The predicted octanol–water partition coefficient (Wildman–Crippen LogP) is 19.5. The second-order valence-corrected chi connectivity index (χ2v) is 18.1. The summed E-state index contributed by atoms with van der Waals surface area (Å²) in [5.74, 6) is -1.09. The molecule has 1 unspecified atom stereocenters. The molecule has 0 fully saturated rings. The fourth-order valence-corrected chi connectivity index (χ4v) is 6.97.